The molecule has 0 amide bonds. The van der Waals surface area contributed by atoms with Gasteiger partial charge in [-0.25, -0.2) is 9.97 Å². The van der Waals surface area contributed by atoms with E-state index in [4.69, 9.17) is 26.7 Å². The molecule has 0 atom stereocenters. The van der Waals surface area contributed by atoms with Crippen LogP contribution in [0, 0.1) is 4.77 Å². The third kappa shape index (κ3) is 4.14. The second-order valence-electron chi connectivity index (χ2n) is 7.59. The topological polar surface area (TPSA) is 77.0 Å². The summed E-state index contributed by atoms with van der Waals surface area (Å²) in [6.07, 6.45) is 5.62. The van der Waals surface area contributed by atoms with Gasteiger partial charge in [-0.1, -0.05) is 6.07 Å². The first-order valence-electron chi connectivity index (χ1n) is 10.7. The zero-order valence-electron chi connectivity index (χ0n) is 17.8. The van der Waals surface area contributed by atoms with Crippen LogP contribution in [0.5, 0.6) is 11.5 Å². The highest BCUT2D eigenvalue weighted by Crippen LogP contribution is 2.33. The van der Waals surface area contributed by atoms with Gasteiger partial charge in [-0.15, -0.1) is 0 Å². The van der Waals surface area contributed by atoms with Gasteiger partial charge in [0, 0.05) is 19.5 Å². The monoisotopic (exact) mass is 427 g/mol. The number of nitrogens with zero attached hydrogens (tertiary/aromatic N) is 3. The maximum atomic E-state index is 6.24. The minimum atomic E-state index is 0.281. The second-order valence-corrected chi connectivity index (χ2v) is 7.95. The number of hydrogen-bond donors (Lipinski definition) is 2. The van der Waals surface area contributed by atoms with Crippen molar-refractivity contribution >= 4 is 29.2 Å². The first-order chi connectivity index (χ1) is 14.6. The number of nitrogens with one attached hydrogen (secondary N) is 2. The van der Waals surface area contributed by atoms with E-state index in [9.17, 15) is 0 Å². The van der Waals surface area contributed by atoms with E-state index in [1.54, 1.807) is 7.11 Å². The van der Waals surface area contributed by atoms with Crippen molar-refractivity contribution in [1.82, 2.24) is 19.5 Å². The molecule has 1 fully saturated rings. The van der Waals surface area contributed by atoms with Gasteiger partial charge in [0.05, 0.1) is 13.2 Å². The number of rotatable bonds is 8. The summed E-state index contributed by atoms with van der Waals surface area (Å²) in [6, 6.07) is 6.10. The van der Waals surface area contributed by atoms with E-state index in [1.165, 1.54) is 12.8 Å². The molecule has 2 heterocycles. The number of aromatic amines is 1. The molecule has 4 rings (SSSR count). The van der Waals surface area contributed by atoms with Gasteiger partial charge in [-0.3, -0.25) is 4.57 Å². The minimum absolute atomic E-state index is 0.281. The Balaban J connectivity index is 1.66. The van der Waals surface area contributed by atoms with Crippen molar-refractivity contribution in [3.8, 4) is 11.5 Å². The molecule has 0 bridgehead atoms. The number of anilines is 1. The molecule has 1 aromatic carbocycles. The van der Waals surface area contributed by atoms with Crippen LogP contribution < -0.4 is 14.8 Å². The van der Waals surface area contributed by atoms with E-state index in [0.717, 1.165) is 65.8 Å². The smallest absolute Gasteiger partial charge is 0.203 e. The molecule has 1 aliphatic carbocycles. The number of benzene rings is 1. The van der Waals surface area contributed by atoms with Gasteiger partial charge in [0.1, 0.15) is 11.3 Å². The van der Waals surface area contributed by atoms with Gasteiger partial charge in [0.15, 0.2) is 23.0 Å². The van der Waals surface area contributed by atoms with Crippen LogP contribution in [0.2, 0.25) is 0 Å². The minimum Gasteiger partial charge on any atom is -0.493 e. The van der Waals surface area contributed by atoms with Crippen LogP contribution in [0.1, 0.15) is 50.9 Å². The number of hydrogen-bond acceptors (Lipinski definition) is 6. The van der Waals surface area contributed by atoms with E-state index < -0.39 is 0 Å². The van der Waals surface area contributed by atoms with Crippen molar-refractivity contribution in [1.29, 1.82) is 0 Å². The van der Waals surface area contributed by atoms with Crippen LogP contribution >= 0.6 is 12.2 Å². The molecule has 0 aliphatic heterocycles. The molecule has 2 aromatic heterocycles. The Morgan fingerprint density at radius 1 is 1.20 bits per heavy atom. The molecule has 30 heavy (non-hydrogen) atoms. The Hall–Kier alpha value is -2.61. The summed E-state index contributed by atoms with van der Waals surface area (Å²) >= 11 is 5.46. The predicted octanol–water partition coefficient (Wildman–Crippen LogP) is 4.86. The molecule has 1 saturated carbocycles. The summed E-state index contributed by atoms with van der Waals surface area (Å²) in [5.74, 6) is 3.20. The molecular weight excluding hydrogens is 398 g/mol. The van der Waals surface area contributed by atoms with Gasteiger partial charge < -0.3 is 19.8 Å². The SMILES string of the molecule is CCNc1nc(=S)n(CC)c2nc(Cc3ccc(OC)c(OC4CCCC4)c3)[nH]c12. The van der Waals surface area contributed by atoms with E-state index in [1.807, 2.05) is 24.5 Å². The number of imidazole rings is 1. The average molecular weight is 428 g/mol. The molecule has 2 N–H and O–H groups in total. The Bertz CT molecular complexity index is 1090. The lowest BCUT2D eigenvalue weighted by Gasteiger charge is -2.16. The van der Waals surface area contributed by atoms with Gasteiger partial charge in [0.2, 0.25) is 4.77 Å². The predicted molar refractivity (Wildman–Crippen MR) is 121 cm³/mol. The summed E-state index contributed by atoms with van der Waals surface area (Å²) in [7, 11) is 1.68. The quantitative estimate of drug-likeness (QED) is 0.500. The summed E-state index contributed by atoms with van der Waals surface area (Å²) < 4.78 is 14.2. The van der Waals surface area contributed by atoms with Crippen LogP contribution in [0.15, 0.2) is 18.2 Å². The van der Waals surface area contributed by atoms with E-state index in [0.29, 0.717) is 11.2 Å². The largest absolute Gasteiger partial charge is 0.493 e. The van der Waals surface area contributed by atoms with Crippen molar-refractivity contribution in [3.63, 3.8) is 0 Å². The van der Waals surface area contributed by atoms with Crippen molar-refractivity contribution in [3.05, 3.63) is 34.4 Å². The zero-order chi connectivity index (χ0) is 21.1. The molecule has 0 unspecified atom stereocenters. The molecule has 8 heteroatoms. The zero-order valence-corrected chi connectivity index (χ0v) is 18.6. The molecule has 1 aliphatic rings. The van der Waals surface area contributed by atoms with Gasteiger partial charge >= 0.3 is 0 Å². The number of ether oxygens (including phenoxy) is 2. The van der Waals surface area contributed by atoms with Crippen LogP contribution in [0.3, 0.4) is 0 Å². The molecule has 0 saturated heterocycles. The number of H-pyrrole nitrogens is 1. The second kappa shape index (κ2) is 9.04. The molecule has 3 aromatic rings. The Morgan fingerprint density at radius 2 is 2.00 bits per heavy atom. The maximum absolute atomic E-state index is 6.24. The molecule has 160 valence electrons. The van der Waals surface area contributed by atoms with Crippen molar-refractivity contribution < 1.29 is 9.47 Å². The van der Waals surface area contributed by atoms with Crippen molar-refractivity contribution in [2.75, 3.05) is 19.0 Å². The average Bonchev–Trinajstić information content (AvgIpc) is 3.39. The lowest BCUT2D eigenvalue weighted by atomic mass is 10.1. The first-order valence-corrected chi connectivity index (χ1v) is 11.1. The first kappa shape index (κ1) is 20.7. The highest BCUT2D eigenvalue weighted by Gasteiger charge is 2.19. The number of fused-ring (bicyclic) bond motifs is 1. The van der Waals surface area contributed by atoms with Crippen LogP contribution in [-0.2, 0) is 13.0 Å². The van der Waals surface area contributed by atoms with Gasteiger partial charge in [0.25, 0.3) is 0 Å². The number of methoxy groups -OCH3 is 1. The van der Waals surface area contributed by atoms with Gasteiger partial charge in [-0.2, -0.15) is 0 Å². The molecule has 0 radical (unpaired) electrons. The fourth-order valence-electron chi connectivity index (χ4n) is 4.04. The fourth-order valence-corrected chi connectivity index (χ4v) is 4.35. The van der Waals surface area contributed by atoms with Crippen LogP contribution in [0.25, 0.3) is 11.2 Å². The normalized spacial score (nSPS) is 14.4. The lowest BCUT2D eigenvalue weighted by molar-refractivity contribution is 0.200. The summed E-state index contributed by atoms with van der Waals surface area (Å²) in [6.45, 7) is 5.58. The summed E-state index contributed by atoms with van der Waals surface area (Å²) in [5.41, 5.74) is 2.83. The van der Waals surface area contributed by atoms with Crippen molar-refractivity contribution in [2.45, 2.75) is 58.6 Å². The highest BCUT2D eigenvalue weighted by atomic mass is 32.1. The van der Waals surface area contributed by atoms with E-state index in [-0.39, 0.29) is 6.10 Å². The molecular formula is C22H29N5O2S. The van der Waals surface area contributed by atoms with E-state index >= 15 is 0 Å². The van der Waals surface area contributed by atoms with Crippen molar-refractivity contribution in [2.24, 2.45) is 0 Å². The Kier molecular flexibility index (Phi) is 6.22. The summed E-state index contributed by atoms with van der Waals surface area (Å²) in [4.78, 5) is 12.8. The maximum Gasteiger partial charge on any atom is 0.203 e. The lowest BCUT2D eigenvalue weighted by Crippen LogP contribution is -2.11. The molecule has 0 spiro atoms. The third-order valence-electron chi connectivity index (χ3n) is 5.52. The highest BCUT2D eigenvalue weighted by molar-refractivity contribution is 7.71. The summed E-state index contributed by atoms with van der Waals surface area (Å²) in [5, 5.41) is 3.29. The number of aromatic nitrogens is 4. The molecule has 7 nitrogen and oxygen atoms in total. The van der Waals surface area contributed by atoms with Crippen LogP contribution in [0.4, 0.5) is 5.82 Å². The third-order valence-corrected chi connectivity index (χ3v) is 5.83. The van der Waals surface area contributed by atoms with Gasteiger partial charge in [-0.05, 0) is 69.4 Å². The van der Waals surface area contributed by atoms with E-state index in [2.05, 4.69) is 27.4 Å². The Labute approximate surface area is 181 Å². The standard InChI is InChI=1S/C22H29N5O2S/c1-4-23-20-19-21(27(5-2)22(30)26-20)25-18(24-19)13-14-10-11-16(28-3)17(12-14)29-15-8-6-7-9-15/h10-12,15H,4-9,13H2,1-3H3,(H,24,25)(H,23,26,30). The van der Waals surface area contributed by atoms with Crippen LogP contribution in [-0.4, -0.2) is 39.3 Å². The Morgan fingerprint density at radius 3 is 2.70 bits per heavy atom. The number of aryl methyl sites for hydroxylation is 1. The fraction of sp³-hybridized carbons (Fsp3) is 0.500.